The van der Waals surface area contributed by atoms with E-state index in [1.165, 1.54) is 6.07 Å². The smallest absolute Gasteiger partial charge is 0.205 e. The molecule has 0 aliphatic heterocycles. The van der Waals surface area contributed by atoms with Crippen LogP contribution in [0.4, 0.5) is 10.3 Å². The van der Waals surface area contributed by atoms with Crippen molar-refractivity contribution in [1.29, 1.82) is 0 Å². The molecular formula is C14H10BrFIN3O. The number of nitrogens with two attached hydrogens (primary N) is 1. The Bertz CT molecular complexity index is 850. The average molecular weight is 462 g/mol. The summed E-state index contributed by atoms with van der Waals surface area (Å²) in [5.74, 6) is 0.670. The van der Waals surface area contributed by atoms with Crippen molar-refractivity contribution in [2.45, 2.75) is 0 Å². The van der Waals surface area contributed by atoms with Crippen LogP contribution in [0.1, 0.15) is 0 Å². The van der Waals surface area contributed by atoms with Crippen molar-refractivity contribution >= 4 is 55.5 Å². The highest BCUT2D eigenvalue weighted by atomic mass is 127. The second kappa shape index (κ2) is 5.45. The monoisotopic (exact) mass is 461 g/mol. The molecule has 0 amide bonds. The molecule has 0 atom stereocenters. The minimum absolute atomic E-state index is 0.298. The Morgan fingerprint density at radius 2 is 2.10 bits per heavy atom. The van der Waals surface area contributed by atoms with E-state index in [0.29, 0.717) is 26.3 Å². The molecule has 1 heterocycles. The first-order valence-corrected chi connectivity index (χ1v) is 7.85. The maximum absolute atomic E-state index is 13.8. The zero-order valence-electron chi connectivity index (χ0n) is 10.9. The average Bonchev–Trinajstić information content (AvgIpc) is 2.75. The van der Waals surface area contributed by atoms with Gasteiger partial charge < -0.3 is 10.5 Å². The van der Waals surface area contributed by atoms with Crippen LogP contribution in [0.15, 0.2) is 34.8 Å². The number of ether oxygens (including phenoxy) is 1. The quantitative estimate of drug-likeness (QED) is 0.584. The summed E-state index contributed by atoms with van der Waals surface area (Å²) in [6.07, 6.45) is 0. The van der Waals surface area contributed by atoms with Crippen LogP contribution in [0.3, 0.4) is 0 Å². The third kappa shape index (κ3) is 2.48. The van der Waals surface area contributed by atoms with Gasteiger partial charge in [-0.05, 0) is 56.7 Å². The molecule has 3 aromatic rings. The van der Waals surface area contributed by atoms with Crippen molar-refractivity contribution < 1.29 is 9.13 Å². The summed E-state index contributed by atoms with van der Waals surface area (Å²) < 4.78 is 22.2. The highest BCUT2D eigenvalue weighted by Crippen LogP contribution is 2.31. The Balaban J connectivity index is 2.29. The maximum Gasteiger partial charge on any atom is 0.205 e. The van der Waals surface area contributed by atoms with E-state index in [-0.39, 0.29) is 5.82 Å². The number of benzene rings is 2. The molecular weight excluding hydrogens is 452 g/mol. The Labute approximate surface area is 142 Å². The molecule has 7 heteroatoms. The highest BCUT2D eigenvalue weighted by Gasteiger charge is 2.14. The lowest BCUT2D eigenvalue weighted by atomic mass is 10.2. The Kier molecular flexibility index (Phi) is 3.78. The summed E-state index contributed by atoms with van der Waals surface area (Å²) in [5.41, 5.74) is 8.02. The van der Waals surface area contributed by atoms with Gasteiger partial charge in [0.15, 0.2) is 0 Å². The minimum atomic E-state index is -0.298. The normalized spacial score (nSPS) is 11.0. The molecule has 0 bridgehead atoms. The number of aromatic nitrogens is 2. The van der Waals surface area contributed by atoms with Crippen LogP contribution in [0.5, 0.6) is 5.75 Å². The van der Waals surface area contributed by atoms with Crippen LogP contribution in [0.2, 0.25) is 0 Å². The van der Waals surface area contributed by atoms with Crippen molar-refractivity contribution in [3.05, 3.63) is 44.2 Å². The van der Waals surface area contributed by atoms with Gasteiger partial charge in [0.2, 0.25) is 5.95 Å². The number of imidazole rings is 1. The maximum atomic E-state index is 13.8. The molecule has 0 fully saturated rings. The van der Waals surface area contributed by atoms with Gasteiger partial charge in [-0.15, -0.1) is 0 Å². The molecule has 108 valence electrons. The molecule has 0 spiro atoms. The Hall–Kier alpha value is -1.35. The van der Waals surface area contributed by atoms with Crippen LogP contribution in [-0.4, -0.2) is 16.7 Å². The Morgan fingerprint density at radius 1 is 1.33 bits per heavy atom. The molecule has 0 radical (unpaired) electrons. The van der Waals surface area contributed by atoms with E-state index in [1.54, 1.807) is 17.7 Å². The first-order chi connectivity index (χ1) is 10.0. The van der Waals surface area contributed by atoms with Gasteiger partial charge in [-0.2, -0.15) is 0 Å². The first kappa shape index (κ1) is 14.6. The first-order valence-electron chi connectivity index (χ1n) is 5.98. The topological polar surface area (TPSA) is 53.1 Å². The largest absolute Gasteiger partial charge is 0.495 e. The van der Waals surface area contributed by atoms with Gasteiger partial charge in [-0.3, -0.25) is 4.57 Å². The van der Waals surface area contributed by atoms with Gasteiger partial charge in [0.25, 0.3) is 0 Å². The van der Waals surface area contributed by atoms with Gasteiger partial charge in [0.1, 0.15) is 11.6 Å². The number of hydrogen-bond donors (Lipinski definition) is 1. The van der Waals surface area contributed by atoms with Crippen molar-refractivity contribution in [2.75, 3.05) is 12.8 Å². The lowest BCUT2D eigenvalue weighted by Crippen LogP contribution is -2.01. The molecule has 0 saturated heterocycles. The van der Waals surface area contributed by atoms with Gasteiger partial charge in [-0.25, -0.2) is 9.37 Å². The fourth-order valence-corrected chi connectivity index (χ4v) is 3.01. The van der Waals surface area contributed by atoms with Gasteiger partial charge in [-0.1, -0.05) is 0 Å². The minimum Gasteiger partial charge on any atom is -0.495 e. The third-order valence-electron chi connectivity index (χ3n) is 3.12. The number of fused-ring (bicyclic) bond motifs is 1. The van der Waals surface area contributed by atoms with E-state index in [4.69, 9.17) is 10.5 Å². The Morgan fingerprint density at radius 3 is 2.81 bits per heavy atom. The summed E-state index contributed by atoms with van der Waals surface area (Å²) in [5, 5.41) is 0. The van der Waals surface area contributed by atoms with E-state index < -0.39 is 0 Å². The van der Waals surface area contributed by atoms with E-state index in [9.17, 15) is 4.39 Å². The lowest BCUT2D eigenvalue weighted by molar-refractivity contribution is 0.412. The summed E-state index contributed by atoms with van der Waals surface area (Å²) in [4.78, 5) is 4.29. The molecule has 0 aliphatic carbocycles. The summed E-state index contributed by atoms with van der Waals surface area (Å²) in [7, 11) is 1.58. The standard InChI is InChI=1S/C14H10BrFIN3O/c1-21-13-4-7(2-3-8(13)15)20-12-5-9(16)10(17)6-11(12)19-14(20)18/h2-6H,1H3,(H2,18,19). The van der Waals surface area contributed by atoms with Crippen LogP contribution in [0, 0.1) is 9.39 Å². The van der Waals surface area contributed by atoms with E-state index in [0.717, 1.165) is 10.2 Å². The molecule has 1 aromatic heterocycles. The number of hydrogen-bond acceptors (Lipinski definition) is 3. The zero-order valence-corrected chi connectivity index (χ0v) is 14.6. The molecule has 3 rings (SSSR count). The third-order valence-corrected chi connectivity index (χ3v) is 4.60. The van der Waals surface area contributed by atoms with Crippen molar-refractivity contribution in [1.82, 2.24) is 9.55 Å². The molecule has 0 unspecified atom stereocenters. The number of rotatable bonds is 2. The zero-order chi connectivity index (χ0) is 15.1. The molecule has 0 saturated carbocycles. The number of halogens is 3. The second-order valence-electron chi connectivity index (χ2n) is 4.38. The van der Waals surface area contributed by atoms with Crippen molar-refractivity contribution in [3.8, 4) is 11.4 Å². The molecule has 0 aliphatic rings. The molecule has 2 aromatic carbocycles. The summed E-state index contributed by atoms with van der Waals surface area (Å²) >= 11 is 5.33. The van der Waals surface area contributed by atoms with Crippen LogP contribution >= 0.6 is 38.5 Å². The van der Waals surface area contributed by atoms with Crippen LogP contribution in [0.25, 0.3) is 16.7 Å². The number of nitrogens with zero attached hydrogens (tertiary/aromatic N) is 2. The number of nitrogen functional groups attached to an aromatic ring is 1. The SMILES string of the molecule is COc1cc(-n2c(N)nc3cc(I)c(F)cc32)ccc1Br. The van der Waals surface area contributed by atoms with Gasteiger partial charge in [0, 0.05) is 12.1 Å². The molecule has 2 N–H and O–H groups in total. The van der Waals surface area contributed by atoms with Gasteiger partial charge >= 0.3 is 0 Å². The van der Waals surface area contributed by atoms with Crippen molar-refractivity contribution in [3.63, 3.8) is 0 Å². The fourth-order valence-electron chi connectivity index (χ4n) is 2.15. The highest BCUT2D eigenvalue weighted by molar-refractivity contribution is 14.1. The second-order valence-corrected chi connectivity index (χ2v) is 6.40. The molecule has 4 nitrogen and oxygen atoms in total. The predicted molar refractivity (Wildman–Crippen MR) is 92.4 cm³/mol. The van der Waals surface area contributed by atoms with E-state index in [2.05, 4.69) is 20.9 Å². The predicted octanol–water partition coefficient (Wildman–Crippen LogP) is 4.12. The molecule has 21 heavy (non-hydrogen) atoms. The number of anilines is 1. The lowest BCUT2D eigenvalue weighted by Gasteiger charge is -2.10. The van der Waals surface area contributed by atoms with Crippen molar-refractivity contribution in [2.24, 2.45) is 0 Å². The fraction of sp³-hybridized carbons (Fsp3) is 0.0714. The van der Waals surface area contributed by atoms with Gasteiger partial charge in [0.05, 0.1) is 31.9 Å². The summed E-state index contributed by atoms with van der Waals surface area (Å²) in [6, 6.07) is 8.64. The van der Waals surface area contributed by atoms with E-state index >= 15 is 0 Å². The summed E-state index contributed by atoms with van der Waals surface area (Å²) in [6.45, 7) is 0. The van der Waals surface area contributed by atoms with Crippen LogP contribution < -0.4 is 10.5 Å². The number of methoxy groups -OCH3 is 1. The van der Waals surface area contributed by atoms with Crippen LogP contribution in [-0.2, 0) is 0 Å². The van der Waals surface area contributed by atoms with E-state index in [1.807, 2.05) is 40.8 Å².